The van der Waals surface area contributed by atoms with Crippen molar-refractivity contribution in [1.29, 1.82) is 0 Å². The number of aromatic nitrogens is 1. The summed E-state index contributed by atoms with van der Waals surface area (Å²) >= 11 is 0. The third-order valence-electron chi connectivity index (χ3n) is 9.92. The molecule has 9 nitrogen and oxygen atoms in total. The summed E-state index contributed by atoms with van der Waals surface area (Å²) in [5, 5.41) is 3.40. The van der Waals surface area contributed by atoms with Gasteiger partial charge in [0, 0.05) is 17.7 Å². The number of halogens is 2. The number of ketones is 1. The van der Waals surface area contributed by atoms with Gasteiger partial charge in [-0.25, -0.2) is 9.78 Å². The van der Waals surface area contributed by atoms with Crippen LogP contribution in [0.1, 0.15) is 91.7 Å². The number of rotatable bonds is 3. The van der Waals surface area contributed by atoms with Crippen molar-refractivity contribution >= 4 is 28.7 Å². The first kappa shape index (κ1) is 33.9. The molecule has 252 valence electrons. The third-order valence-corrected chi connectivity index (χ3v) is 9.92. The lowest BCUT2D eigenvalue weighted by atomic mass is 9.85. The number of benzene rings is 1. The van der Waals surface area contributed by atoms with E-state index in [4.69, 9.17) is 14.2 Å². The highest BCUT2D eigenvalue weighted by atomic mass is 19.3. The van der Waals surface area contributed by atoms with E-state index in [1.54, 1.807) is 24.3 Å². The maximum absolute atomic E-state index is 16.1. The van der Waals surface area contributed by atoms with Crippen molar-refractivity contribution in [1.82, 2.24) is 15.2 Å². The van der Waals surface area contributed by atoms with Gasteiger partial charge < -0.3 is 24.4 Å². The predicted octanol–water partition coefficient (Wildman–Crippen LogP) is 6.79. The smallest absolute Gasteiger partial charge is 0.408 e. The van der Waals surface area contributed by atoms with Crippen molar-refractivity contribution in [2.45, 2.75) is 116 Å². The highest BCUT2D eigenvalue weighted by Crippen LogP contribution is 2.43. The number of pyridine rings is 1. The van der Waals surface area contributed by atoms with Crippen LogP contribution in [0.5, 0.6) is 11.5 Å². The number of hydrogen-bond donors (Lipinski definition) is 1. The zero-order chi connectivity index (χ0) is 33.4. The largest absolute Gasteiger partial charge is 0.497 e. The van der Waals surface area contributed by atoms with Crippen LogP contribution in [0.3, 0.4) is 0 Å². The van der Waals surface area contributed by atoms with Gasteiger partial charge in [0.1, 0.15) is 29.7 Å². The van der Waals surface area contributed by atoms with Crippen LogP contribution in [-0.2, 0) is 20.2 Å². The van der Waals surface area contributed by atoms with Crippen LogP contribution < -0.4 is 14.8 Å². The summed E-state index contributed by atoms with van der Waals surface area (Å²) in [6.45, 7) is 8.81. The number of Topliss-reactive ketones (excluding diaryl/α,β-unsaturated/α-hetero) is 1. The van der Waals surface area contributed by atoms with Gasteiger partial charge in [0.05, 0.1) is 25.2 Å². The van der Waals surface area contributed by atoms with Gasteiger partial charge in [-0.1, -0.05) is 34.1 Å². The zero-order valence-corrected chi connectivity index (χ0v) is 27.7. The number of fused-ring (bicyclic) bond motifs is 5. The van der Waals surface area contributed by atoms with Gasteiger partial charge in [0.2, 0.25) is 5.91 Å². The van der Waals surface area contributed by atoms with Crippen molar-refractivity contribution in [3.63, 3.8) is 0 Å². The molecule has 0 spiro atoms. The number of ether oxygens (including phenoxy) is 3. The van der Waals surface area contributed by atoms with Gasteiger partial charge >= 0.3 is 6.09 Å². The van der Waals surface area contributed by atoms with E-state index in [2.05, 4.69) is 10.3 Å². The average molecular weight is 644 g/mol. The van der Waals surface area contributed by atoms with Crippen LogP contribution in [-0.4, -0.2) is 65.6 Å². The molecule has 2 aliphatic heterocycles. The van der Waals surface area contributed by atoms with E-state index >= 15 is 8.78 Å². The van der Waals surface area contributed by atoms with Gasteiger partial charge in [-0.05, 0) is 81.0 Å². The number of alkyl halides is 2. The van der Waals surface area contributed by atoms with Crippen LogP contribution >= 0.6 is 0 Å². The van der Waals surface area contributed by atoms with E-state index in [9.17, 15) is 14.4 Å². The molecule has 5 rings (SSSR count). The second-order valence-electron chi connectivity index (χ2n) is 14.2. The molecule has 0 radical (unpaired) electrons. The number of carbonyl (C=O) groups excluding carboxylic acids is 3. The molecular formula is C35H47F2N3O6. The van der Waals surface area contributed by atoms with Gasteiger partial charge in [-0.15, -0.1) is 0 Å². The van der Waals surface area contributed by atoms with E-state index in [1.165, 1.54) is 18.9 Å². The summed E-state index contributed by atoms with van der Waals surface area (Å²) in [7, 11) is 1.53. The molecule has 46 heavy (non-hydrogen) atoms. The Morgan fingerprint density at radius 3 is 2.50 bits per heavy atom. The molecular weight excluding hydrogens is 596 g/mol. The quantitative estimate of drug-likeness (QED) is 0.393. The molecule has 2 fully saturated rings. The number of nitrogens with zero attached hydrogens (tertiary/aromatic N) is 2. The monoisotopic (exact) mass is 643 g/mol. The second kappa shape index (κ2) is 13.3. The molecule has 6 atom stereocenters. The average Bonchev–Trinajstić information content (AvgIpc) is 3.59. The van der Waals surface area contributed by atoms with Crippen LogP contribution in [0, 0.1) is 17.3 Å². The Bertz CT molecular complexity index is 1460. The van der Waals surface area contributed by atoms with E-state index in [1.807, 2.05) is 27.7 Å². The van der Waals surface area contributed by atoms with E-state index in [0.29, 0.717) is 42.3 Å². The minimum Gasteiger partial charge on any atom is -0.497 e. The first-order chi connectivity index (χ1) is 21.7. The molecule has 1 aromatic heterocycles. The highest BCUT2D eigenvalue weighted by molar-refractivity contribution is 5.92. The van der Waals surface area contributed by atoms with Crippen molar-refractivity contribution in [2.75, 3.05) is 13.7 Å². The van der Waals surface area contributed by atoms with Crippen molar-refractivity contribution in [3.05, 3.63) is 30.0 Å². The molecule has 1 saturated heterocycles. The van der Waals surface area contributed by atoms with Crippen molar-refractivity contribution < 1.29 is 37.4 Å². The maximum atomic E-state index is 16.1. The Labute approximate surface area is 269 Å². The molecule has 1 saturated carbocycles. The number of nitrogens with one attached hydrogen (secondary N) is 1. The summed E-state index contributed by atoms with van der Waals surface area (Å²) in [6, 6.07) is 4.75. The number of amides is 2. The first-order valence-corrected chi connectivity index (χ1v) is 16.5. The summed E-state index contributed by atoms with van der Waals surface area (Å²) in [4.78, 5) is 46.6. The standard InChI is InChI=1S/C35H47F2N3O6/c1-7-24-28-19-40(29(24)20(2)41)32(42)31(34(3,4)5)39-33(43)46-26-13-10-12-21(26)11-8-9-16-35(36,37)30-27(45-28)18-22-17-23(44-6)14-15-25(22)38-30/h14-15,17-18,21,24,26,28-29,31H,7-13,16,19H2,1-6H3,(H,39,43)/t21-,24-,26-,28+,29-,31-/m1/s1. The fraction of sp³-hybridized carbons (Fsp3) is 0.657. The molecule has 2 aromatic rings. The second-order valence-corrected chi connectivity index (χ2v) is 14.2. The van der Waals surface area contributed by atoms with Gasteiger partial charge in [-0.3, -0.25) is 9.59 Å². The Morgan fingerprint density at radius 2 is 1.83 bits per heavy atom. The fourth-order valence-electron chi connectivity index (χ4n) is 7.48. The topological polar surface area (TPSA) is 107 Å². The van der Waals surface area contributed by atoms with Crippen LogP contribution in [0.25, 0.3) is 10.9 Å². The molecule has 2 amide bonds. The Morgan fingerprint density at radius 1 is 1.09 bits per heavy atom. The molecule has 2 bridgehead atoms. The minimum atomic E-state index is -3.30. The van der Waals surface area contributed by atoms with Gasteiger partial charge in [0.15, 0.2) is 11.5 Å². The molecule has 3 aliphatic rings. The molecule has 1 aromatic carbocycles. The fourth-order valence-corrected chi connectivity index (χ4v) is 7.48. The van der Waals surface area contributed by atoms with Gasteiger partial charge in [-0.2, -0.15) is 8.78 Å². The number of alkyl carbamates (subject to hydrolysis) is 1. The third kappa shape index (κ3) is 6.93. The summed E-state index contributed by atoms with van der Waals surface area (Å²) in [5.74, 6) is -3.92. The first-order valence-electron chi connectivity index (χ1n) is 16.5. The number of hydrogen-bond acceptors (Lipinski definition) is 7. The zero-order valence-electron chi connectivity index (χ0n) is 27.7. The molecule has 11 heteroatoms. The van der Waals surface area contributed by atoms with E-state index in [-0.39, 0.29) is 36.5 Å². The molecule has 3 heterocycles. The highest BCUT2D eigenvalue weighted by Gasteiger charge is 2.50. The van der Waals surface area contributed by atoms with Crippen LogP contribution in [0.2, 0.25) is 0 Å². The SMILES string of the molecule is CC[C@@H]1[C@@H]2CN(C(=O)[C@H](C(C)(C)C)NC(=O)O[C@@H]3CCC[C@H]3CCCCC(F)(F)c3nc4ccc(OC)cc4cc3O2)[C@@H]1C(C)=O. The van der Waals surface area contributed by atoms with Crippen LogP contribution in [0.15, 0.2) is 24.3 Å². The lowest BCUT2D eigenvalue weighted by Crippen LogP contribution is -2.57. The van der Waals surface area contributed by atoms with Crippen LogP contribution in [0.4, 0.5) is 13.6 Å². The maximum Gasteiger partial charge on any atom is 0.408 e. The van der Waals surface area contributed by atoms with Crippen molar-refractivity contribution in [2.24, 2.45) is 17.3 Å². The molecule has 1 aliphatic carbocycles. The van der Waals surface area contributed by atoms with E-state index in [0.717, 1.165) is 12.8 Å². The van der Waals surface area contributed by atoms with Gasteiger partial charge in [0.25, 0.3) is 5.92 Å². The Balaban J connectivity index is 1.60. The lowest BCUT2D eigenvalue weighted by Gasteiger charge is -2.35. The Hall–Kier alpha value is -3.50. The number of methoxy groups -OCH3 is 1. The minimum absolute atomic E-state index is 0.0171. The summed E-state index contributed by atoms with van der Waals surface area (Å²) < 4.78 is 49.9. The molecule has 1 N–H and O–H groups in total. The van der Waals surface area contributed by atoms with E-state index < -0.39 is 59.6 Å². The summed E-state index contributed by atoms with van der Waals surface area (Å²) in [6.07, 6.45) is 2.09. The lowest BCUT2D eigenvalue weighted by molar-refractivity contribution is -0.141. The van der Waals surface area contributed by atoms with Crippen molar-refractivity contribution in [3.8, 4) is 11.5 Å². The number of carbonyl (C=O) groups is 3. The normalized spacial score (nSPS) is 29.1. The summed E-state index contributed by atoms with van der Waals surface area (Å²) in [5.41, 5.74) is -0.784. The predicted molar refractivity (Wildman–Crippen MR) is 169 cm³/mol. The molecule has 0 unspecified atom stereocenters. The Kier molecular flexibility index (Phi) is 9.80.